The Morgan fingerprint density at radius 1 is 1.37 bits per heavy atom. The zero-order valence-corrected chi connectivity index (χ0v) is 11.7. The first-order chi connectivity index (χ1) is 9.14. The van der Waals surface area contributed by atoms with Crippen LogP contribution >= 0.6 is 0 Å². The van der Waals surface area contributed by atoms with E-state index in [1.807, 2.05) is 6.07 Å². The minimum absolute atomic E-state index is 0.0611. The van der Waals surface area contributed by atoms with Crippen LogP contribution in [0.5, 0.6) is 0 Å². The third-order valence-electron chi connectivity index (χ3n) is 5.10. The summed E-state index contributed by atoms with van der Waals surface area (Å²) < 4.78 is 13.5. The van der Waals surface area contributed by atoms with Crippen LogP contribution in [0.1, 0.15) is 38.2 Å². The first-order valence-electron chi connectivity index (χ1n) is 7.41. The molecule has 1 fully saturated rings. The molecule has 1 aliphatic heterocycles. The molecule has 0 aromatic heterocycles. The molecule has 2 aliphatic rings. The van der Waals surface area contributed by atoms with Gasteiger partial charge in [-0.1, -0.05) is 13.0 Å². The molecule has 3 heteroatoms. The summed E-state index contributed by atoms with van der Waals surface area (Å²) >= 11 is 0. The predicted octanol–water partition coefficient (Wildman–Crippen LogP) is 3.10. The Labute approximate surface area is 114 Å². The second-order valence-corrected chi connectivity index (χ2v) is 6.29. The fraction of sp³-hybridized carbons (Fsp3) is 0.625. The monoisotopic (exact) mass is 262 g/mol. The topological polar surface area (TPSA) is 29.3 Å². The van der Waals surface area contributed by atoms with Crippen molar-refractivity contribution >= 4 is 5.69 Å². The van der Waals surface area contributed by atoms with Crippen LogP contribution < -0.4 is 10.6 Å². The van der Waals surface area contributed by atoms with Gasteiger partial charge in [0, 0.05) is 18.8 Å². The Morgan fingerprint density at radius 3 is 2.79 bits per heavy atom. The number of anilines is 1. The van der Waals surface area contributed by atoms with Crippen LogP contribution in [-0.4, -0.2) is 18.6 Å². The van der Waals surface area contributed by atoms with Gasteiger partial charge in [-0.15, -0.1) is 0 Å². The first kappa shape index (κ1) is 12.9. The van der Waals surface area contributed by atoms with Gasteiger partial charge in [0.05, 0.1) is 5.54 Å². The minimum Gasteiger partial charge on any atom is -0.364 e. The van der Waals surface area contributed by atoms with Gasteiger partial charge in [0.1, 0.15) is 5.82 Å². The molecule has 0 saturated heterocycles. The van der Waals surface area contributed by atoms with Gasteiger partial charge in [-0.2, -0.15) is 0 Å². The summed E-state index contributed by atoms with van der Waals surface area (Å²) in [7, 11) is 0. The zero-order valence-electron chi connectivity index (χ0n) is 11.7. The van der Waals surface area contributed by atoms with Crippen molar-refractivity contribution in [2.45, 2.75) is 44.6 Å². The van der Waals surface area contributed by atoms with Crippen LogP contribution in [0.4, 0.5) is 10.1 Å². The highest BCUT2D eigenvalue weighted by molar-refractivity contribution is 5.60. The molecule has 0 amide bonds. The normalized spacial score (nSPS) is 30.5. The number of fused-ring (bicyclic) bond motifs is 1. The molecule has 3 rings (SSSR count). The van der Waals surface area contributed by atoms with E-state index in [1.54, 1.807) is 12.1 Å². The Hall–Kier alpha value is -1.09. The molecular weight excluding hydrogens is 239 g/mol. The van der Waals surface area contributed by atoms with Crippen LogP contribution in [0.3, 0.4) is 0 Å². The molecule has 104 valence electrons. The second-order valence-electron chi connectivity index (χ2n) is 6.29. The van der Waals surface area contributed by atoms with E-state index in [4.69, 9.17) is 5.73 Å². The van der Waals surface area contributed by atoms with Crippen molar-refractivity contribution in [3.05, 3.63) is 29.6 Å². The van der Waals surface area contributed by atoms with Gasteiger partial charge < -0.3 is 10.6 Å². The van der Waals surface area contributed by atoms with Crippen LogP contribution in [0.25, 0.3) is 0 Å². The van der Waals surface area contributed by atoms with E-state index in [2.05, 4.69) is 11.8 Å². The van der Waals surface area contributed by atoms with Crippen LogP contribution in [0, 0.1) is 11.7 Å². The summed E-state index contributed by atoms with van der Waals surface area (Å²) in [5.41, 5.74) is 8.54. The summed E-state index contributed by atoms with van der Waals surface area (Å²) in [6.07, 6.45) is 5.77. The van der Waals surface area contributed by atoms with Crippen LogP contribution in [0.15, 0.2) is 18.2 Å². The highest BCUT2D eigenvalue weighted by Crippen LogP contribution is 2.42. The Kier molecular flexibility index (Phi) is 3.25. The summed E-state index contributed by atoms with van der Waals surface area (Å²) in [6, 6.07) is 5.19. The molecule has 1 aliphatic carbocycles. The number of halogens is 1. The summed E-state index contributed by atoms with van der Waals surface area (Å²) in [4.78, 5) is 2.40. The molecule has 19 heavy (non-hydrogen) atoms. The van der Waals surface area contributed by atoms with Crippen LogP contribution in [0.2, 0.25) is 0 Å². The largest absolute Gasteiger partial charge is 0.364 e. The SMILES string of the molecule is CC1CCC(CN)(N2CCc3ccc(F)cc32)CC1. The van der Waals surface area contributed by atoms with Gasteiger partial charge >= 0.3 is 0 Å². The highest BCUT2D eigenvalue weighted by Gasteiger charge is 2.41. The minimum atomic E-state index is -0.137. The van der Waals surface area contributed by atoms with Gasteiger partial charge in [-0.05, 0) is 55.7 Å². The number of benzene rings is 1. The zero-order chi connectivity index (χ0) is 13.5. The van der Waals surface area contributed by atoms with Crippen LogP contribution in [-0.2, 0) is 6.42 Å². The van der Waals surface area contributed by atoms with Crippen molar-refractivity contribution in [3.63, 3.8) is 0 Å². The van der Waals surface area contributed by atoms with Gasteiger partial charge in [0.2, 0.25) is 0 Å². The van der Waals surface area contributed by atoms with E-state index in [9.17, 15) is 4.39 Å². The van der Waals surface area contributed by atoms with E-state index in [-0.39, 0.29) is 11.4 Å². The summed E-state index contributed by atoms with van der Waals surface area (Å²) in [5.74, 6) is 0.663. The Bertz CT molecular complexity index is 464. The number of hydrogen-bond donors (Lipinski definition) is 1. The molecule has 0 atom stereocenters. The van der Waals surface area contributed by atoms with Crippen molar-refractivity contribution < 1.29 is 4.39 Å². The average molecular weight is 262 g/mol. The fourth-order valence-electron chi connectivity index (χ4n) is 3.73. The van der Waals surface area contributed by atoms with E-state index in [0.717, 1.165) is 37.4 Å². The average Bonchev–Trinajstić information content (AvgIpc) is 2.84. The van der Waals surface area contributed by atoms with Gasteiger partial charge in [-0.25, -0.2) is 4.39 Å². The second kappa shape index (κ2) is 4.78. The molecule has 1 aromatic carbocycles. The number of nitrogens with two attached hydrogens (primary N) is 1. The lowest BCUT2D eigenvalue weighted by Crippen LogP contribution is -2.55. The molecule has 2 N–H and O–H groups in total. The van der Waals surface area contributed by atoms with Crippen molar-refractivity contribution in [1.29, 1.82) is 0 Å². The van der Waals surface area contributed by atoms with E-state index >= 15 is 0 Å². The maximum absolute atomic E-state index is 13.5. The van der Waals surface area contributed by atoms with Crippen molar-refractivity contribution in [2.24, 2.45) is 11.7 Å². The lowest BCUT2D eigenvalue weighted by Gasteiger charge is -2.47. The van der Waals surface area contributed by atoms with Gasteiger partial charge in [0.15, 0.2) is 0 Å². The van der Waals surface area contributed by atoms with Crippen molar-refractivity contribution in [2.75, 3.05) is 18.0 Å². The molecule has 1 saturated carbocycles. The molecule has 0 bridgehead atoms. The quantitative estimate of drug-likeness (QED) is 0.887. The standard InChI is InChI=1S/C16H23FN2/c1-12-4-7-16(11-18,8-5-12)19-9-6-13-2-3-14(17)10-15(13)19/h2-3,10,12H,4-9,11,18H2,1H3. The first-order valence-corrected chi connectivity index (χ1v) is 7.41. The third kappa shape index (κ3) is 2.14. The number of nitrogens with zero attached hydrogens (tertiary/aromatic N) is 1. The summed E-state index contributed by atoms with van der Waals surface area (Å²) in [5, 5.41) is 0. The molecule has 1 aromatic rings. The number of rotatable bonds is 2. The molecular formula is C16H23FN2. The Balaban J connectivity index is 1.92. The molecule has 0 radical (unpaired) electrons. The maximum Gasteiger partial charge on any atom is 0.125 e. The highest BCUT2D eigenvalue weighted by atomic mass is 19.1. The van der Waals surface area contributed by atoms with Gasteiger partial charge in [-0.3, -0.25) is 0 Å². The molecule has 0 spiro atoms. The third-order valence-corrected chi connectivity index (χ3v) is 5.10. The maximum atomic E-state index is 13.5. The molecule has 1 heterocycles. The van der Waals surface area contributed by atoms with E-state index in [0.29, 0.717) is 6.54 Å². The van der Waals surface area contributed by atoms with Crippen molar-refractivity contribution in [3.8, 4) is 0 Å². The fourth-order valence-corrected chi connectivity index (χ4v) is 3.73. The van der Waals surface area contributed by atoms with Crippen molar-refractivity contribution in [1.82, 2.24) is 0 Å². The summed E-state index contributed by atoms with van der Waals surface area (Å²) in [6.45, 7) is 3.98. The Morgan fingerprint density at radius 2 is 2.11 bits per heavy atom. The predicted molar refractivity (Wildman–Crippen MR) is 76.9 cm³/mol. The lowest BCUT2D eigenvalue weighted by atomic mass is 9.76. The smallest absolute Gasteiger partial charge is 0.125 e. The molecule has 2 nitrogen and oxygen atoms in total. The van der Waals surface area contributed by atoms with E-state index < -0.39 is 0 Å². The lowest BCUT2D eigenvalue weighted by molar-refractivity contribution is 0.238. The van der Waals surface area contributed by atoms with Gasteiger partial charge in [0.25, 0.3) is 0 Å². The molecule has 0 unspecified atom stereocenters. The number of hydrogen-bond acceptors (Lipinski definition) is 2. The van der Waals surface area contributed by atoms with E-state index in [1.165, 1.54) is 18.4 Å².